The van der Waals surface area contributed by atoms with Crippen molar-refractivity contribution in [3.63, 3.8) is 0 Å². The maximum Gasteiger partial charge on any atom is 0.0502 e. The number of likely N-dealkylation sites (tertiary alicyclic amines) is 1. The van der Waals surface area contributed by atoms with Crippen molar-refractivity contribution in [3.05, 3.63) is 71.4 Å². The number of hydrogen-bond acceptors (Lipinski definition) is 2. The Morgan fingerprint density at radius 3 is 2.88 bits per heavy atom. The van der Waals surface area contributed by atoms with Crippen molar-refractivity contribution in [1.82, 2.24) is 9.88 Å². The van der Waals surface area contributed by atoms with Gasteiger partial charge in [0.05, 0.1) is 6.04 Å². The van der Waals surface area contributed by atoms with Gasteiger partial charge in [0.25, 0.3) is 0 Å². The lowest BCUT2D eigenvalue weighted by Crippen LogP contribution is -2.23. The molecule has 3 aromatic rings. The van der Waals surface area contributed by atoms with Gasteiger partial charge in [-0.3, -0.25) is 4.90 Å². The summed E-state index contributed by atoms with van der Waals surface area (Å²) in [7, 11) is 2.00. The van der Waals surface area contributed by atoms with Gasteiger partial charge in [-0.05, 0) is 55.5 Å². The van der Waals surface area contributed by atoms with E-state index in [4.69, 9.17) is 0 Å². The topological polar surface area (TPSA) is 31.1 Å². The molecule has 3 heteroatoms. The number of aromatic amines is 1. The van der Waals surface area contributed by atoms with Crippen molar-refractivity contribution >= 4 is 22.7 Å². The van der Waals surface area contributed by atoms with Crippen LogP contribution in [0.3, 0.4) is 0 Å². The zero-order valence-corrected chi connectivity index (χ0v) is 15.6. The van der Waals surface area contributed by atoms with E-state index in [-0.39, 0.29) is 0 Å². The lowest BCUT2D eigenvalue weighted by molar-refractivity contribution is 0.245. The highest BCUT2D eigenvalue weighted by atomic mass is 15.2. The molecule has 0 radical (unpaired) electrons. The van der Waals surface area contributed by atoms with Gasteiger partial charge >= 0.3 is 0 Å². The molecule has 0 bridgehead atoms. The van der Waals surface area contributed by atoms with Gasteiger partial charge in [0, 0.05) is 36.1 Å². The van der Waals surface area contributed by atoms with Gasteiger partial charge in [0.1, 0.15) is 0 Å². The Balaban J connectivity index is 1.63. The first-order chi connectivity index (χ1) is 12.8. The van der Waals surface area contributed by atoms with Crippen LogP contribution >= 0.6 is 0 Å². The third-order valence-electron chi connectivity index (χ3n) is 5.45. The number of H-pyrrole nitrogens is 1. The number of rotatable bonds is 5. The highest BCUT2D eigenvalue weighted by Crippen LogP contribution is 2.35. The van der Waals surface area contributed by atoms with Gasteiger partial charge in [-0.1, -0.05) is 42.5 Å². The minimum absolute atomic E-state index is 0.471. The minimum atomic E-state index is 0.471. The smallest absolute Gasteiger partial charge is 0.0502 e. The van der Waals surface area contributed by atoms with Crippen LogP contribution in [0.5, 0.6) is 0 Å². The van der Waals surface area contributed by atoms with Gasteiger partial charge in [-0.2, -0.15) is 0 Å². The Morgan fingerprint density at radius 2 is 2.08 bits per heavy atom. The molecule has 4 rings (SSSR count). The van der Waals surface area contributed by atoms with E-state index < -0.39 is 0 Å². The van der Waals surface area contributed by atoms with Crippen molar-refractivity contribution in [2.24, 2.45) is 0 Å². The Labute approximate surface area is 155 Å². The first kappa shape index (κ1) is 16.9. The molecule has 1 aliphatic heterocycles. The third-order valence-corrected chi connectivity index (χ3v) is 5.45. The number of nitrogens with zero attached hydrogens (tertiary/aromatic N) is 1. The molecule has 2 N–H and O–H groups in total. The fourth-order valence-corrected chi connectivity index (χ4v) is 4.19. The lowest BCUT2D eigenvalue weighted by Gasteiger charge is -2.25. The molecule has 2 aromatic carbocycles. The van der Waals surface area contributed by atoms with Gasteiger partial charge in [-0.25, -0.2) is 0 Å². The summed E-state index contributed by atoms with van der Waals surface area (Å²) in [6, 6.07) is 17.9. The van der Waals surface area contributed by atoms with Crippen LogP contribution in [-0.4, -0.2) is 23.5 Å². The normalized spacial score (nSPS) is 18.2. The van der Waals surface area contributed by atoms with E-state index in [1.165, 1.54) is 46.3 Å². The molecular weight excluding hydrogens is 318 g/mol. The van der Waals surface area contributed by atoms with E-state index in [0.717, 1.165) is 13.1 Å². The van der Waals surface area contributed by atoms with E-state index in [2.05, 4.69) is 82.8 Å². The second-order valence-corrected chi connectivity index (χ2v) is 7.07. The molecule has 1 aliphatic rings. The SMILES string of the molecule is C/C=C/c1c(CN2CCCC2c2cc3ccccc3[nH]2)cccc1NC. The quantitative estimate of drug-likeness (QED) is 0.632. The number of allylic oxidation sites excluding steroid dienone is 1. The molecule has 2 heterocycles. The molecule has 0 spiro atoms. The number of hydrogen-bond donors (Lipinski definition) is 2. The van der Waals surface area contributed by atoms with Crippen LogP contribution in [0.25, 0.3) is 17.0 Å². The second-order valence-electron chi connectivity index (χ2n) is 7.07. The van der Waals surface area contributed by atoms with Gasteiger partial charge in [0.15, 0.2) is 0 Å². The summed E-state index contributed by atoms with van der Waals surface area (Å²) < 4.78 is 0. The van der Waals surface area contributed by atoms with Gasteiger partial charge in [-0.15, -0.1) is 0 Å². The van der Waals surface area contributed by atoms with Crippen molar-refractivity contribution in [3.8, 4) is 0 Å². The highest BCUT2D eigenvalue weighted by molar-refractivity contribution is 5.80. The first-order valence-electron chi connectivity index (χ1n) is 9.54. The van der Waals surface area contributed by atoms with Crippen LogP contribution in [0, 0.1) is 0 Å². The zero-order chi connectivity index (χ0) is 17.9. The molecule has 1 atom stereocenters. The van der Waals surface area contributed by atoms with Gasteiger partial charge in [0.2, 0.25) is 0 Å². The second kappa shape index (κ2) is 7.38. The molecule has 1 saturated heterocycles. The van der Waals surface area contributed by atoms with E-state index in [1.807, 2.05) is 7.05 Å². The number of anilines is 1. The number of para-hydroxylation sites is 1. The van der Waals surface area contributed by atoms with E-state index in [0.29, 0.717) is 6.04 Å². The number of benzene rings is 2. The molecular formula is C23H27N3. The molecule has 1 unspecified atom stereocenters. The van der Waals surface area contributed by atoms with Crippen molar-refractivity contribution < 1.29 is 0 Å². The van der Waals surface area contributed by atoms with Crippen LogP contribution in [0.4, 0.5) is 5.69 Å². The summed E-state index contributed by atoms with van der Waals surface area (Å²) in [4.78, 5) is 6.27. The van der Waals surface area contributed by atoms with Gasteiger partial charge < -0.3 is 10.3 Å². The van der Waals surface area contributed by atoms with Crippen LogP contribution in [-0.2, 0) is 6.54 Å². The summed E-state index contributed by atoms with van der Waals surface area (Å²) in [5.74, 6) is 0. The molecule has 0 aliphatic carbocycles. The Bertz CT molecular complexity index is 889. The predicted molar refractivity (Wildman–Crippen MR) is 111 cm³/mol. The summed E-state index contributed by atoms with van der Waals surface area (Å²) in [6.07, 6.45) is 6.82. The first-order valence-corrected chi connectivity index (χ1v) is 9.54. The van der Waals surface area contributed by atoms with E-state index in [9.17, 15) is 0 Å². The molecule has 134 valence electrons. The fraction of sp³-hybridized carbons (Fsp3) is 0.304. The predicted octanol–water partition coefficient (Wildman–Crippen LogP) is 5.58. The summed E-state index contributed by atoms with van der Waals surface area (Å²) in [6.45, 7) is 4.22. The van der Waals surface area contributed by atoms with Crippen molar-refractivity contribution in [2.75, 3.05) is 18.9 Å². The van der Waals surface area contributed by atoms with Crippen LogP contribution < -0.4 is 5.32 Å². The standard InChI is InChI=1S/C23H27N3/c1-3-8-19-18(10-6-12-21(19)24-2)16-26-14-7-13-23(26)22-15-17-9-4-5-11-20(17)25-22/h3-6,8-12,15,23-25H,7,13-14,16H2,1-2H3/b8-3+. The largest absolute Gasteiger partial charge is 0.388 e. The summed E-state index contributed by atoms with van der Waals surface area (Å²) in [5, 5.41) is 4.64. The summed E-state index contributed by atoms with van der Waals surface area (Å²) in [5.41, 5.74) is 6.47. The third kappa shape index (κ3) is 3.15. The molecule has 0 saturated carbocycles. The minimum Gasteiger partial charge on any atom is -0.388 e. The van der Waals surface area contributed by atoms with E-state index in [1.54, 1.807) is 0 Å². The molecule has 0 amide bonds. The number of nitrogens with one attached hydrogen (secondary N) is 2. The molecule has 3 nitrogen and oxygen atoms in total. The lowest BCUT2D eigenvalue weighted by atomic mass is 10.0. The van der Waals surface area contributed by atoms with E-state index >= 15 is 0 Å². The monoisotopic (exact) mass is 345 g/mol. The van der Waals surface area contributed by atoms with Crippen LogP contribution in [0.15, 0.2) is 54.6 Å². The molecule has 26 heavy (non-hydrogen) atoms. The average molecular weight is 345 g/mol. The Morgan fingerprint density at radius 1 is 1.19 bits per heavy atom. The highest BCUT2D eigenvalue weighted by Gasteiger charge is 2.27. The van der Waals surface area contributed by atoms with Crippen LogP contribution in [0.1, 0.15) is 42.6 Å². The zero-order valence-electron chi connectivity index (χ0n) is 15.6. The maximum atomic E-state index is 3.65. The average Bonchev–Trinajstić information content (AvgIpc) is 3.29. The molecule has 1 fully saturated rings. The molecule has 1 aromatic heterocycles. The number of fused-ring (bicyclic) bond motifs is 1. The maximum absolute atomic E-state index is 3.65. The van der Waals surface area contributed by atoms with Crippen molar-refractivity contribution in [1.29, 1.82) is 0 Å². The fourth-order valence-electron chi connectivity index (χ4n) is 4.19. The number of aromatic nitrogens is 1. The Kier molecular flexibility index (Phi) is 4.81. The van der Waals surface area contributed by atoms with Crippen LogP contribution in [0.2, 0.25) is 0 Å². The summed E-state index contributed by atoms with van der Waals surface area (Å²) >= 11 is 0. The Hall–Kier alpha value is -2.52. The van der Waals surface area contributed by atoms with Crippen molar-refractivity contribution in [2.45, 2.75) is 32.4 Å².